The highest BCUT2D eigenvalue weighted by atomic mass is 35.5. The molecule has 5 rings (SSSR count). The van der Waals surface area contributed by atoms with E-state index in [1.807, 2.05) is 36.4 Å². The van der Waals surface area contributed by atoms with Crippen molar-refractivity contribution in [2.24, 2.45) is 0 Å². The summed E-state index contributed by atoms with van der Waals surface area (Å²) in [4.78, 5) is 11.7. The van der Waals surface area contributed by atoms with E-state index in [9.17, 15) is 0 Å². The summed E-state index contributed by atoms with van der Waals surface area (Å²) in [6.45, 7) is 3.79. The number of nitrogens with zero attached hydrogens (tertiary/aromatic N) is 3. The molecule has 0 saturated carbocycles. The van der Waals surface area contributed by atoms with Gasteiger partial charge >= 0.3 is 0 Å². The van der Waals surface area contributed by atoms with E-state index in [-0.39, 0.29) is 6.79 Å². The SMILES string of the molecule is Clc1ccc2nc(N3CCOCC3)nc(NCc3ccc4c(c3)OCO4)c2c1. The Hall–Kier alpha value is -2.77. The lowest BCUT2D eigenvalue weighted by Gasteiger charge is -2.27. The van der Waals surface area contributed by atoms with Gasteiger partial charge in [-0.2, -0.15) is 4.98 Å². The fraction of sp³-hybridized carbons (Fsp3) is 0.300. The van der Waals surface area contributed by atoms with Crippen LogP contribution in [0.5, 0.6) is 11.5 Å². The second-order valence-electron chi connectivity index (χ2n) is 6.67. The number of rotatable bonds is 4. The van der Waals surface area contributed by atoms with Gasteiger partial charge in [-0.15, -0.1) is 0 Å². The zero-order chi connectivity index (χ0) is 18.9. The van der Waals surface area contributed by atoms with Gasteiger partial charge in [-0.3, -0.25) is 0 Å². The lowest BCUT2D eigenvalue weighted by atomic mass is 10.2. The second kappa shape index (κ2) is 7.33. The second-order valence-corrected chi connectivity index (χ2v) is 7.11. The van der Waals surface area contributed by atoms with Crippen LogP contribution in [0.15, 0.2) is 36.4 Å². The van der Waals surface area contributed by atoms with Crippen molar-refractivity contribution in [1.82, 2.24) is 9.97 Å². The van der Waals surface area contributed by atoms with E-state index >= 15 is 0 Å². The maximum absolute atomic E-state index is 6.22. The van der Waals surface area contributed by atoms with Crippen molar-refractivity contribution >= 4 is 34.3 Å². The van der Waals surface area contributed by atoms with Crippen molar-refractivity contribution in [2.75, 3.05) is 43.3 Å². The third kappa shape index (κ3) is 3.39. The molecule has 1 fully saturated rings. The van der Waals surface area contributed by atoms with Crippen molar-refractivity contribution in [1.29, 1.82) is 0 Å². The maximum atomic E-state index is 6.22. The molecule has 0 amide bonds. The topological polar surface area (TPSA) is 68.7 Å². The van der Waals surface area contributed by atoms with Crippen LogP contribution in [0.2, 0.25) is 5.02 Å². The third-order valence-electron chi connectivity index (χ3n) is 4.84. The van der Waals surface area contributed by atoms with Crippen LogP contribution in [-0.2, 0) is 11.3 Å². The molecule has 0 spiro atoms. The molecule has 2 aliphatic rings. The van der Waals surface area contributed by atoms with E-state index in [0.29, 0.717) is 30.7 Å². The summed E-state index contributed by atoms with van der Waals surface area (Å²) in [7, 11) is 0. The lowest BCUT2D eigenvalue weighted by molar-refractivity contribution is 0.122. The Kier molecular flexibility index (Phi) is 4.54. The highest BCUT2D eigenvalue weighted by Crippen LogP contribution is 2.33. The van der Waals surface area contributed by atoms with Gasteiger partial charge in [0.25, 0.3) is 0 Å². The Bertz CT molecular complexity index is 1020. The Balaban J connectivity index is 1.46. The smallest absolute Gasteiger partial charge is 0.231 e. The highest BCUT2D eigenvalue weighted by molar-refractivity contribution is 6.31. The van der Waals surface area contributed by atoms with Gasteiger partial charge in [0, 0.05) is 30.0 Å². The zero-order valence-corrected chi connectivity index (χ0v) is 15.9. The normalized spacial score (nSPS) is 15.8. The van der Waals surface area contributed by atoms with Crippen molar-refractivity contribution in [3.8, 4) is 11.5 Å². The van der Waals surface area contributed by atoms with Crippen molar-refractivity contribution in [3.05, 3.63) is 47.0 Å². The number of ether oxygens (including phenoxy) is 3. The standard InChI is InChI=1S/C20H19ClN4O3/c21-14-2-3-16-15(10-14)19(24-20(23-16)25-5-7-26-8-6-25)22-11-13-1-4-17-18(9-13)28-12-27-17/h1-4,9-10H,5-8,11-12H2,(H,22,23,24). The number of hydrogen-bond acceptors (Lipinski definition) is 7. The number of nitrogens with one attached hydrogen (secondary N) is 1. The van der Waals surface area contributed by atoms with Crippen LogP contribution in [0, 0.1) is 0 Å². The highest BCUT2D eigenvalue weighted by Gasteiger charge is 2.17. The van der Waals surface area contributed by atoms with Gasteiger partial charge in [-0.05, 0) is 35.9 Å². The first-order chi connectivity index (χ1) is 13.8. The Morgan fingerprint density at radius 2 is 1.86 bits per heavy atom. The van der Waals surface area contributed by atoms with E-state index in [1.54, 1.807) is 0 Å². The van der Waals surface area contributed by atoms with Crippen LogP contribution in [0.1, 0.15) is 5.56 Å². The molecule has 0 unspecified atom stereocenters. The minimum Gasteiger partial charge on any atom is -0.454 e. The first-order valence-electron chi connectivity index (χ1n) is 9.19. The summed E-state index contributed by atoms with van der Waals surface area (Å²) in [5, 5.41) is 4.99. The zero-order valence-electron chi connectivity index (χ0n) is 15.2. The first kappa shape index (κ1) is 17.3. The fourth-order valence-corrected chi connectivity index (χ4v) is 3.54. The molecule has 0 aliphatic carbocycles. The minimum atomic E-state index is 0.268. The molecular formula is C20H19ClN4O3. The average Bonchev–Trinajstić information content (AvgIpc) is 3.20. The van der Waals surface area contributed by atoms with Gasteiger partial charge in [0.1, 0.15) is 5.82 Å². The maximum Gasteiger partial charge on any atom is 0.231 e. The molecule has 0 atom stereocenters. The predicted octanol–water partition coefficient (Wildman–Crippen LogP) is 3.46. The number of benzene rings is 2. The fourth-order valence-electron chi connectivity index (χ4n) is 3.36. The molecule has 3 heterocycles. The van der Waals surface area contributed by atoms with E-state index in [4.69, 9.17) is 35.8 Å². The number of aromatic nitrogens is 2. The molecule has 1 aromatic heterocycles. The average molecular weight is 399 g/mol. The van der Waals surface area contributed by atoms with Gasteiger partial charge in [0.15, 0.2) is 11.5 Å². The Labute approximate surface area is 167 Å². The molecule has 3 aromatic rings. The molecule has 2 aromatic carbocycles. The summed E-state index contributed by atoms with van der Waals surface area (Å²) in [6.07, 6.45) is 0. The molecular weight excluding hydrogens is 380 g/mol. The van der Waals surface area contributed by atoms with Crippen LogP contribution in [0.4, 0.5) is 11.8 Å². The van der Waals surface area contributed by atoms with Crippen molar-refractivity contribution in [2.45, 2.75) is 6.54 Å². The van der Waals surface area contributed by atoms with E-state index < -0.39 is 0 Å². The van der Waals surface area contributed by atoms with Crippen LogP contribution in [0.3, 0.4) is 0 Å². The van der Waals surface area contributed by atoms with Crippen molar-refractivity contribution in [3.63, 3.8) is 0 Å². The number of morpholine rings is 1. The third-order valence-corrected chi connectivity index (χ3v) is 5.07. The quantitative estimate of drug-likeness (QED) is 0.721. The van der Waals surface area contributed by atoms with E-state index in [2.05, 4.69) is 10.2 Å². The Morgan fingerprint density at radius 3 is 2.75 bits per heavy atom. The summed E-state index contributed by atoms with van der Waals surface area (Å²) >= 11 is 6.22. The minimum absolute atomic E-state index is 0.268. The number of hydrogen-bond donors (Lipinski definition) is 1. The summed E-state index contributed by atoms with van der Waals surface area (Å²) < 4.78 is 16.3. The van der Waals surface area contributed by atoms with Crippen LogP contribution >= 0.6 is 11.6 Å². The van der Waals surface area contributed by atoms with E-state index in [0.717, 1.165) is 46.9 Å². The van der Waals surface area contributed by atoms with Gasteiger partial charge in [0.2, 0.25) is 12.7 Å². The number of fused-ring (bicyclic) bond motifs is 2. The van der Waals surface area contributed by atoms with Gasteiger partial charge in [-0.25, -0.2) is 4.98 Å². The van der Waals surface area contributed by atoms with Crippen molar-refractivity contribution < 1.29 is 14.2 Å². The molecule has 1 N–H and O–H groups in total. The molecule has 2 aliphatic heterocycles. The number of halogens is 1. The molecule has 1 saturated heterocycles. The van der Waals surface area contributed by atoms with Crippen LogP contribution < -0.4 is 19.7 Å². The summed E-state index contributed by atoms with van der Waals surface area (Å²) in [5.41, 5.74) is 1.93. The molecule has 8 heteroatoms. The predicted molar refractivity (Wildman–Crippen MR) is 107 cm³/mol. The lowest BCUT2D eigenvalue weighted by Crippen LogP contribution is -2.37. The van der Waals surface area contributed by atoms with Crippen LogP contribution in [0.25, 0.3) is 10.9 Å². The molecule has 0 bridgehead atoms. The Morgan fingerprint density at radius 1 is 1.00 bits per heavy atom. The molecule has 0 radical (unpaired) electrons. The van der Waals surface area contributed by atoms with Gasteiger partial charge in [-0.1, -0.05) is 17.7 Å². The summed E-state index contributed by atoms with van der Waals surface area (Å²) in [6, 6.07) is 11.6. The summed E-state index contributed by atoms with van der Waals surface area (Å²) in [5.74, 6) is 3.00. The van der Waals surface area contributed by atoms with Gasteiger partial charge in [0.05, 0.1) is 18.7 Å². The number of anilines is 2. The first-order valence-corrected chi connectivity index (χ1v) is 9.56. The largest absolute Gasteiger partial charge is 0.454 e. The van der Waals surface area contributed by atoms with Crippen LogP contribution in [-0.4, -0.2) is 43.1 Å². The molecule has 144 valence electrons. The molecule has 7 nitrogen and oxygen atoms in total. The molecule has 28 heavy (non-hydrogen) atoms. The monoisotopic (exact) mass is 398 g/mol. The van der Waals surface area contributed by atoms with Gasteiger partial charge < -0.3 is 24.4 Å². The van der Waals surface area contributed by atoms with E-state index in [1.165, 1.54) is 0 Å².